The number of fused-ring (bicyclic) bond motifs is 3. The van der Waals surface area contributed by atoms with Crippen molar-refractivity contribution in [3.63, 3.8) is 0 Å². The Labute approximate surface area is 173 Å². The molecule has 1 aliphatic rings. The molecule has 0 aliphatic heterocycles. The summed E-state index contributed by atoms with van der Waals surface area (Å²) >= 11 is 9.31. The van der Waals surface area contributed by atoms with Gasteiger partial charge in [0, 0.05) is 111 Å². The fourth-order valence-electron chi connectivity index (χ4n) is 2.06. The molecule has 0 atom stereocenters. The molecule has 0 N–H and O–H groups in total. The molecular weight excluding hydrogens is 493 g/mol. The first kappa shape index (κ1) is 20.8. The first-order valence-corrected chi connectivity index (χ1v) is 18.3. The van der Waals surface area contributed by atoms with Crippen LogP contribution < -0.4 is 0 Å². The number of aromatic nitrogens is 2. The smallest absolute Gasteiger partial charge is 0.0752 e. The SMILES string of the molecule is S=S=S=S=S=S=S=S=S=S.c1cnc2c(c1)CCc1ncccc1-2. The highest BCUT2D eigenvalue weighted by Crippen LogP contribution is 2.29. The maximum Gasteiger partial charge on any atom is 0.0752 e. The van der Waals surface area contributed by atoms with Crippen LogP contribution in [0.5, 0.6) is 0 Å². The van der Waals surface area contributed by atoms with E-state index in [2.05, 4.69) is 44.5 Å². The van der Waals surface area contributed by atoms with Gasteiger partial charge in [0.2, 0.25) is 0 Å². The summed E-state index contributed by atoms with van der Waals surface area (Å²) in [5.74, 6) is 0. The van der Waals surface area contributed by atoms with Gasteiger partial charge in [-0.1, -0.05) is 6.07 Å². The lowest BCUT2D eigenvalue weighted by Crippen LogP contribution is -2.06. The van der Waals surface area contributed by atoms with Crippen LogP contribution in [0.25, 0.3) is 11.3 Å². The second-order valence-electron chi connectivity index (χ2n) is 4.05. The van der Waals surface area contributed by atoms with E-state index >= 15 is 0 Å². The van der Waals surface area contributed by atoms with E-state index in [0.29, 0.717) is 0 Å². The molecule has 0 spiro atoms. The Morgan fingerprint density at radius 3 is 2.08 bits per heavy atom. The average molecular weight is 503 g/mol. The minimum absolute atomic E-state index is 1.04. The van der Waals surface area contributed by atoms with Gasteiger partial charge in [0.25, 0.3) is 0 Å². The molecule has 128 valence electrons. The average Bonchev–Trinajstić information content (AvgIpc) is 2.65. The molecule has 3 rings (SSSR count). The van der Waals surface area contributed by atoms with Crippen molar-refractivity contribution in [2.75, 3.05) is 0 Å². The molecule has 2 aromatic rings. The van der Waals surface area contributed by atoms with Crippen LogP contribution in [-0.4, -0.2) is 9.97 Å². The Hall–Kier alpha value is 0.500. The zero-order valence-electron chi connectivity index (χ0n) is 11.9. The van der Waals surface area contributed by atoms with Crippen molar-refractivity contribution in [2.45, 2.75) is 12.8 Å². The number of hydrogen-bond acceptors (Lipinski definition) is 4. The van der Waals surface area contributed by atoms with E-state index < -0.39 is 0 Å². The van der Waals surface area contributed by atoms with Gasteiger partial charge in [0.15, 0.2) is 0 Å². The van der Waals surface area contributed by atoms with E-state index in [1.807, 2.05) is 24.5 Å². The molecule has 0 saturated carbocycles. The van der Waals surface area contributed by atoms with Crippen LogP contribution in [0, 0.1) is 0 Å². The third-order valence-corrected chi connectivity index (χ3v) is 18.4. The number of hydrogen-bond donors (Lipinski definition) is 0. The van der Waals surface area contributed by atoms with E-state index in [1.165, 1.54) is 34.6 Å². The zero-order chi connectivity index (χ0) is 17.0. The van der Waals surface area contributed by atoms with Gasteiger partial charge in [-0.25, -0.2) is 0 Å². The van der Waals surface area contributed by atoms with E-state index in [-0.39, 0.29) is 0 Å². The highest BCUT2D eigenvalue weighted by atomic mass is 33.4. The van der Waals surface area contributed by atoms with Crippen molar-refractivity contribution in [1.82, 2.24) is 9.97 Å². The highest BCUT2D eigenvalue weighted by Gasteiger charge is 2.16. The van der Waals surface area contributed by atoms with Crippen molar-refractivity contribution >= 4 is 93.4 Å². The largest absolute Gasteiger partial charge is 0.261 e. The van der Waals surface area contributed by atoms with Crippen LogP contribution in [0.3, 0.4) is 0 Å². The first-order chi connectivity index (χ1) is 11.9. The summed E-state index contributed by atoms with van der Waals surface area (Å²) in [5.41, 5.74) is 4.84. The predicted molar refractivity (Wildman–Crippen MR) is 129 cm³/mol. The highest BCUT2D eigenvalue weighted by molar-refractivity contribution is 8.73. The van der Waals surface area contributed by atoms with Crippen molar-refractivity contribution in [2.24, 2.45) is 0 Å². The lowest BCUT2D eigenvalue weighted by atomic mass is 9.93. The lowest BCUT2D eigenvalue weighted by molar-refractivity contribution is 0.885. The van der Waals surface area contributed by atoms with Gasteiger partial charge in [-0.05, 0) is 36.6 Å². The van der Waals surface area contributed by atoms with Gasteiger partial charge in [0.05, 0.1) is 11.4 Å². The Bertz CT molecular complexity index is 963. The summed E-state index contributed by atoms with van der Waals surface area (Å²) < 4.78 is 0. The maximum atomic E-state index is 4.66. The fraction of sp³-hybridized carbons (Fsp3) is 0.167. The normalized spacial score (nSPS) is 10.5. The molecule has 0 aromatic carbocycles. The van der Waals surface area contributed by atoms with Crippen molar-refractivity contribution < 1.29 is 0 Å². The van der Waals surface area contributed by atoms with E-state index in [0.717, 1.165) is 18.5 Å². The van der Waals surface area contributed by atoms with Gasteiger partial charge < -0.3 is 0 Å². The standard InChI is InChI=1S/C12H10N2.S10/c1-3-9-5-6-11-10(4-2-7-13-11)12(9)14-8-1;1-3-5-7-9-10-8-6-4-2/h1-4,7-8H,5-6H2;. The molecule has 0 fully saturated rings. The molecule has 0 saturated heterocycles. The van der Waals surface area contributed by atoms with E-state index in [4.69, 9.17) is 0 Å². The molecule has 0 radical (unpaired) electrons. The topological polar surface area (TPSA) is 25.8 Å². The Balaban J connectivity index is 0.000000187. The third kappa shape index (κ3) is 7.02. The van der Waals surface area contributed by atoms with Crippen molar-refractivity contribution in [3.8, 4) is 11.3 Å². The van der Waals surface area contributed by atoms with Crippen LogP contribution in [0.1, 0.15) is 11.3 Å². The number of aryl methyl sites for hydroxylation is 2. The molecule has 0 bridgehead atoms. The molecule has 24 heavy (non-hydrogen) atoms. The predicted octanol–water partition coefficient (Wildman–Crippen LogP) is 2.22. The monoisotopic (exact) mass is 502 g/mol. The second-order valence-corrected chi connectivity index (χ2v) is 18.2. The minimum Gasteiger partial charge on any atom is -0.261 e. The fourth-order valence-corrected chi connectivity index (χ4v) is 18.5. The molecule has 2 aromatic heterocycles. The van der Waals surface area contributed by atoms with Crippen LogP contribution in [0.15, 0.2) is 36.7 Å². The summed E-state index contributed by atoms with van der Waals surface area (Å²) in [6, 6.07) is 8.23. The maximum absolute atomic E-state index is 4.66. The summed E-state index contributed by atoms with van der Waals surface area (Å²) in [5, 5.41) is 0. The van der Waals surface area contributed by atoms with Gasteiger partial charge in [-0.15, -0.1) is 0 Å². The first-order valence-electron chi connectivity index (χ1n) is 6.33. The number of pyridine rings is 2. The van der Waals surface area contributed by atoms with Gasteiger partial charge in [-0.3, -0.25) is 9.97 Å². The van der Waals surface area contributed by atoms with Crippen LogP contribution >= 0.6 is 0 Å². The Kier molecular flexibility index (Phi) is 11.1. The lowest BCUT2D eigenvalue weighted by Gasteiger charge is -2.16. The van der Waals surface area contributed by atoms with Crippen LogP contribution in [0.2, 0.25) is 0 Å². The summed E-state index contributed by atoms with van der Waals surface area (Å²) in [6.07, 6.45) is 5.80. The van der Waals surface area contributed by atoms with Crippen LogP contribution in [0.4, 0.5) is 0 Å². The summed E-state index contributed by atoms with van der Waals surface area (Å²) in [4.78, 5) is 8.80. The molecular formula is C12H10N2S10. The number of nitrogens with zero attached hydrogens (tertiary/aromatic N) is 2. The quantitative estimate of drug-likeness (QED) is 0.552. The second kappa shape index (κ2) is 12.8. The Morgan fingerprint density at radius 2 is 1.38 bits per heavy atom. The molecule has 2 heterocycles. The van der Waals surface area contributed by atoms with E-state index in [1.54, 1.807) is 53.3 Å². The van der Waals surface area contributed by atoms with Gasteiger partial charge in [0.1, 0.15) is 0 Å². The third-order valence-electron chi connectivity index (χ3n) is 2.86. The van der Waals surface area contributed by atoms with Crippen molar-refractivity contribution in [3.05, 3.63) is 47.9 Å². The van der Waals surface area contributed by atoms with Gasteiger partial charge in [-0.2, -0.15) is 0 Å². The van der Waals surface area contributed by atoms with Crippen molar-refractivity contribution in [1.29, 1.82) is 0 Å². The molecule has 2 nitrogen and oxygen atoms in total. The number of rotatable bonds is 0. The minimum atomic E-state index is 1.04. The Morgan fingerprint density at radius 1 is 0.750 bits per heavy atom. The molecule has 0 unspecified atom stereocenters. The van der Waals surface area contributed by atoms with Crippen LogP contribution in [-0.2, 0) is 106 Å². The summed E-state index contributed by atoms with van der Waals surface area (Å²) in [6.45, 7) is 0. The van der Waals surface area contributed by atoms with Gasteiger partial charge >= 0.3 is 0 Å². The van der Waals surface area contributed by atoms with E-state index in [9.17, 15) is 0 Å². The summed E-state index contributed by atoms with van der Waals surface area (Å²) in [7, 11) is 12.7. The molecule has 1 aliphatic carbocycles. The molecule has 12 heteroatoms. The molecule has 0 amide bonds. The zero-order valence-corrected chi connectivity index (χ0v) is 20.0.